The molecule has 0 saturated heterocycles. The third-order valence-corrected chi connectivity index (χ3v) is 3.37. The Labute approximate surface area is 120 Å². The maximum atomic E-state index is 12.3. The molecule has 19 heavy (non-hydrogen) atoms. The molecule has 0 aromatic heterocycles. The van der Waals surface area contributed by atoms with Crippen LogP contribution in [0.25, 0.3) is 0 Å². The summed E-state index contributed by atoms with van der Waals surface area (Å²) in [6.45, 7) is 6.51. The number of benzene rings is 1. The SMILES string of the molecule is CC(CO)CNC(=O)C(c1ccc(Cl)cc1)C(C)C. The molecule has 2 N–H and O–H groups in total. The zero-order valence-electron chi connectivity index (χ0n) is 11.7. The smallest absolute Gasteiger partial charge is 0.227 e. The van der Waals surface area contributed by atoms with Gasteiger partial charge in [0, 0.05) is 18.2 Å². The lowest BCUT2D eigenvalue weighted by molar-refractivity contribution is -0.123. The normalized spacial score (nSPS) is 14.2. The highest BCUT2D eigenvalue weighted by Crippen LogP contribution is 2.25. The van der Waals surface area contributed by atoms with E-state index in [-0.39, 0.29) is 30.3 Å². The van der Waals surface area contributed by atoms with E-state index >= 15 is 0 Å². The van der Waals surface area contributed by atoms with E-state index in [1.807, 2.05) is 32.9 Å². The minimum atomic E-state index is -0.192. The Morgan fingerprint density at radius 1 is 1.26 bits per heavy atom. The first-order valence-electron chi connectivity index (χ1n) is 6.59. The Morgan fingerprint density at radius 3 is 2.32 bits per heavy atom. The number of carbonyl (C=O) groups is 1. The molecule has 106 valence electrons. The van der Waals surface area contributed by atoms with Crippen molar-refractivity contribution in [3.05, 3.63) is 34.9 Å². The molecule has 0 aliphatic carbocycles. The summed E-state index contributed by atoms with van der Waals surface area (Å²) in [6.07, 6.45) is 0. The number of aliphatic hydroxyl groups excluding tert-OH is 1. The number of carbonyl (C=O) groups excluding carboxylic acids is 1. The van der Waals surface area contributed by atoms with E-state index in [0.717, 1.165) is 5.56 Å². The maximum absolute atomic E-state index is 12.3. The van der Waals surface area contributed by atoms with Gasteiger partial charge in [-0.1, -0.05) is 44.5 Å². The van der Waals surface area contributed by atoms with E-state index < -0.39 is 0 Å². The fourth-order valence-electron chi connectivity index (χ4n) is 1.96. The number of halogens is 1. The first kappa shape index (κ1) is 16.0. The molecule has 0 saturated carbocycles. The average Bonchev–Trinajstić information content (AvgIpc) is 2.38. The lowest BCUT2D eigenvalue weighted by Gasteiger charge is -2.21. The third-order valence-electron chi connectivity index (χ3n) is 3.11. The van der Waals surface area contributed by atoms with E-state index in [1.54, 1.807) is 12.1 Å². The van der Waals surface area contributed by atoms with Crippen LogP contribution in [0.4, 0.5) is 0 Å². The standard InChI is InChI=1S/C15H22ClNO2/c1-10(2)14(12-4-6-13(16)7-5-12)15(19)17-8-11(3)9-18/h4-7,10-11,14,18H,8-9H2,1-3H3,(H,17,19). The summed E-state index contributed by atoms with van der Waals surface area (Å²) in [7, 11) is 0. The van der Waals surface area contributed by atoms with Crippen molar-refractivity contribution in [2.45, 2.75) is 26.7 Å². The highest BCUT2D eigenvalue weighted by Gasteiger charge is 2.24. The van der Waals surface area contributed by atoms with Crippen LogP contribution < -0.4 is 5.32 Å². The molecule has 1 aromatic rings. The second kappa shape index (κ2) is 7.51. The first-order valence-corrected chi connectivity index (χ1v) is 6.97. The average molecular weight is 284 g/mol. The van der Waals surface area contributed by atoms with Crippen molar-refractivity contribution in [2.24, 2.45) is 11.8 Å². The van der Waals surface area contributed by atoms with Crippen LogP contribution in [-0.4, -0.2) is 24.2 Å². The summed E-state index contributed by atoms with van der Waals surface area (Å²) in [6, 6.07) is 7.38. The molecule has 1 rings (SSSR count). The first-order chi connectivity index (χ1) is 8.95. The van der Waals surface area contributed by atoms with Crippen LogP contribution in [0.1, 0.15) is 32.3 Å². The predicted molar refractivity (Wildman–Crippen MR) is 78.3 cm³/mol. The van der Waals surface area contributed by atoms with Crippen molar-refractivity contribution in [1.82, 2.24) is 5.32 Å². The Hall–Kier alpha value is -1.06. The van der Waals surface area contributed by atoms with Gasteiger partial charge in [0.1, 0.15) is 0 Å². The molecule has 2 unspecified atom stereocenters. The minimum Gasteiger partial charge on any atom is -0.396 e. The van der Waals surface area contributed by atoms with E-state index in [0.29, 0.717) is 11.6 Å². The molecule has 0 bridgehead atoms. The molecule has 0 aliphatic heterocycles. The largest absolute Gasteiger partial charge is 0.396 e. The molecule has 3 nitrogen and oxygen atoms in total. The number of aliphatic hydroxyl groups is 1. The zero-order valence-corrected chi connectivity index (χ0v) is 12.4. The molecule has 0 aliphatic rings. The number of amides is 1. The van der Waals surface area contributed by atoms with Gasteiger partial charge in [0.05, 0.1) is 5.92 Å². The summed E-state index contributed by atoms with van der Waals surface area (Å²) in [5.41, 5.74) is 0.966. The number of rotatable bonds is 6. The predicted octanol–water partition coefficient (Wildman–Crippen LogP) is 2.82. The van der Waals surface area contributed by atoms with Gasteiger partial charge in [0.25, 0.3) is 0 Å². The summed E-state index contributed by atoms with van der Waals surface area (Å²) in [4.78, 5) is 12.3. The third kappa shape index (κ3) is 4.84. The second-order valence-electron chi connectivity index (χ2n) is 5.31. The number of hydrogen-bond donors (Lipinski definition) is 2. The topological polar surface area (TPSA) is 49.3 Å². The van der Waals surface area contributed by atoms with Crippen LogP contribution in [0.15, 0.2) is 24.3 Å². The van der Waals surface area contributed by atoms with Gasteiger partial charge < -0.3 is 10.4 Å². The summed E-state index contributed by atoms with van der Waals surface area (Å²) in [5.74, 6) is 0.0772. The van der Waals surface area contributed by atoms with Crippen molar-refractivity contribution in [2.75, 3.05) is 13.2 Å². The van der Waals surface area contributed by atoms with Crippen molar-refractivity contribution in [3.63, 3.8) is 0 Å². The molecule has 0 spiro atoms. The van der Waals surface area contributed by atoms with Crippen molar-refractivity contribution in [3.8, 4) is 0 Å². The van der Waals surface area contributed by atoms with Gasteiger partial charge in [-0.25, -0.2) is 0 Å². The van der Waals surface area contributed by atoms with Gasteiger partial charge >= 0.3 is 0 Å². The highest BCUT2D eigenvalue weighted by atomic mass is 35.5. The van der Waals surface area contributed by atoms with Crippen LogP contribution in [-0.2, 0) is 4.79 Å². The van der Waals surface area contributed by atoms with E-state index in [1.165, 1.54) is 0 Å². The second-order valence-corrected chi connectivity index (χ2v) is 5.74. The maximum Gasteiger partial charge on any atom is 0.227 e. The molecule has 2 atom stereocenters. The van der Waals surface area contributed by atoms with Crippen LogP contribution in [0.5, 0.6) is 0 Å². The molecular weight excluding hydrogens is 262 g/mol. The molecule has 0 fully saturated rings. The van der Waals surface area contributed by atoms with Crippen LogP contribution in [0, 0.1) is 11.8 Å². The van der Waals surface area contributed by atoms with Gasteiger partial charge in [-0.2, -0.15) is 0 Å². The fourth-order valence-corrected chi connectivity index (χ4v) is 2.08. The lowest BCUT2D eigenvalue weighted by Crippen LogP contribution is -2.35. The Morgan fingerprint density at radius 2 is 1.84 bits per heavy atom. The van der Waals surface area contributed by atoms with Crippen LogP contribution in [0.3, 0.4) is 0 Å². The Bertz CT molecular complexity index is 403. The number of nitrogens with one attached hydrogen (secondary N) is 1. The molecule has 1 amide bonds. The van der Waals surface area contributed by atoms with Gasteiger partial charge in [0.2, 0.25) is 5.91 Å². The van der Waals surface area contributed by atoms with Gasteiger partial charge in [-0.3, -0.25) is 4.79 Å². The lowest BCUT2D eigenvalue weighted by atomic mass is 9.87. The molecule has 0 radical (unpaired) electrons. The van der Waals surface area contributed by atoms with Crippen molar-refractivity contribution < 1.29 is 9.90 Å². The van der Waals surface area contributed by atoms with Gasteiger partial charge in [-0.05, 0) is 29.5 Å². The van der Waals surface area contributed by atoms with Gasteiger partial charge in [0.15, 0.2) is 0 Å². The Kier molecular flexibility index (Phi) is 6.32. The van der Waals surface area contributed by atoms with E-state index in [2.05, 4.69) is 5.32 Å². The van der Waals surface area contributed by atoms with Crippen LogP contribution >= 0.6 is 11.6 Å². The zero-order chi connectivity index (χ0) is 14.4. The fraction of sp³-hybridized carbons (Fsp3) is 0.533. The molecule has 4 heteroatoms. The highest BCUT2D eigenvalue weighted by molar-refractivity contribution is 6.30. The molecular formula is C15H22ClNO2. The van der Waals surface area contributed by atoms with E-state index in [9.17, 15) is 4.79 Å². The van der Waals surface area contributed by atoms with E-state index in [4.69, 9.17) is 16.7 Å². The monoisotopic (exact) mass is 283 g/mol. The van der Waals surface area contributed by atoms with Crippen molar-refractivity contribution >= 4 is 17.5 Å². The number of hydrogen-bond acceptors (Lipinski definition) is 2. The quantitative estimate of drug-likeness (QED) is 0.843. The Balaban J connectivity index is 2.77. The summed E-state index contributed by atoms with van der Waals surface area (Å²) in [5, 5.41) is 12.5. The molecule has 0 heterocycles. The van der Waals surface area contributed by atoms with Crippen molar-refractivity contribution in [1.29, 1.82) is 0 Å². The minimum absolute atomic E-state index is 0.00220. The summed E-state index contributed by atoms with van der Waals surface area (Å²) >= 11 is 5.87. The summed E-state index contributed by atoms with van der Waals surface area (Å²) < 4.78 is 0. The van der Waals surface area contributed by atoms with Gasteiger partial charge in [-0.15, -0.1) is 0 Å². The molecule has 1 aromatic carbocycles. The van der Waals surface area contributed by atoms with Crippen LogP contribution in [0.2, 0.25) is 5.02 Å².